The van der Waals surface area contributed by atoms with Gasteiger partial charge in [0.15, 0.2) is 5.69 Å². The lowest BCUT2D eigenvalue weighted by Gasteiger charge is -2.35. The Bertz CT molecular complexity index is 934. The number of hydrogen-bond donors (Lipinski definition) is 4. The second-order valence-electron chi connectivity index (χ2n) is 7.41. The van der Waals surface area contributed by atoms with Crippen molar-refractivity contribution < 1.29 is 14.6 Å². The third kappa shape index (κ3) is 6.48. The number of anilines is 2. The number of rotatable bonds is 10. The van der Waals surface area contributed by atoms with Crippen molar-refractivity contribution in [3.8, 4) is 5.75 Å². The summed E-state index contributed by atoms with van der Waals surface area (Å²) in [6, 6.07) is 6.89. The molecule has 0 saturated carbocycles. The summed E-state index contributed by atoms with van der Waals surface area (Å²) in [4.78, 5) is 23.6. The molecule has 0 radical (unpaired) electrons. The van der Waals surface area contributed by atoms with Crippen LogP contribution in [-0.4, -0.2) is 64.2 Å². The molecule has 4 N–H and O–H groups in total. The zero-order chi connectivity index (χ0) is 22.8. The summed E-state index contributed by atoms with van der Waals surface area (Å²) >= 11 is 0. The minimum Gasteiger partial charge on any atom is -0.506 e. The van der Waals surface area contributed by atoms with Gasteiger partial charge in [-0.1, -0.05) is 0 Å². The summed E-state index contributed by atoms with van der Waals surface area (Å²) in [6.07, 6.45) is 6.70. The molecular formula is C22H29N7O3. The fourth-order valence-electron chi connectivity index (χ4n) is 3.40. The Balaban J connectivity index is 1.58. The van der Waals surface area contributed by atoms with Gasteiger partial charge in [0.25, 0.3) is 5.91 Å². The van der Waals surface area contributed by atoms with Gasteiger partial charge in [-0.25, -0.2) is 9.97 Å². The molecule has 170 valence electrons. The van der Waals surface area contributed by atoms with Crippen molar-refractivity contribution >= 4 is 29.8 Å². The highest BCUT2D eigenvalue weighted by Crippen LogP contribution is 2.22. The van der Waals surface area contributed by atoms with Gasteiger partial charge in [-0.15, -0.1) is 0 Å². The number of aryl methyl sites for hydroxylation is 1. The molecule has 3 heterocycles. The summed E-state index contributed by atoms with van der Waals surface area (Å²) < 4.78 is 5.92. The van der Waals surface area contributed by atoms with Crippen LogP contribution in [0.25, 0.3) is 0 Å². The lowest BCUT2D eigenvalue weighted by atomic mass is 10.1. The van der Waals surface area contributed by atoms with E-state index in [1.165, 1.54) is 12.4 Å². The number of hydrazone groups is 1. The van der Waals surface area contributed by atoms with Gasteiger partial charge in [0.1, 0.15) is 17.8 Å². The van der Waals surface area contributed by atoms with E-state index in [0.717, 1.165) is 44.1 Å². The van der Waals surface area contributed by atoms with Gasteiger partial charge < -0.3 is 25.5 Å². The van der Waals surface area contributed by atoms with Crippen LogP contribution in [0.15, 0.2) is 35.6 Å². The molecule has 32 heavy (non-hydrogen) atoms. The van der Waals surface area contributed by atoms with Gasteiger partial charge >= 0.3 is 0 Å². The maximum atomic E-state index is 13.3. The molecule has 1 saturated heterocycles. The normalized spacial score (nSPS) is 16.2. The van der Waals surface area contributed by atoms with E-state index in [0.29, 0.717) is 30.4 Å². The number of nitrogens with zero attached hydrogens (tertiary/aromatic N) is 4. The van der Waals surface area contributed by atoms with Gasteiger partial charge in [0.2, 0.25) is 0 Å². The van der Waals surface area contributed by atoms with E-state index < -0.39 is 0 Å². The molecule has 1 unspecified atom stereocenters. The average molecular weight is 440 g/mol. The van der Waals surface area contributed by atoms with E-state index in [4.69, 9.17) is 10.1 Å². The number of aromatic hydroxyl groups is 1. The first-order valence-corrected chi connectivity index (χ1v) is 10.7. The van der Waals surface area contributed by atoms with Crippen LogP contribution < -0.4 is 10.7 Å². The van der Waals surface area contributed by atoms with Crippen LogP contribution in [0, 0.1) is 12.3 Å². The third-order valence-electron chi connectivity index (χ3n) is 4.97. The van der Waals surface area contributed by atoms with Crippen LogP contribution in [-0.2, 0) is 4.74 Å². The molecule has 1 aliphatic rings. The third-order valence-corrected chi connectivity index (χ3v) is 4.97. The van der Waals surface area contributed by atoms with Crippen LogP contribution >= 0.6 is 0 Å². The van der Waals surface area contributed by atoms with Crippen molar-refractivity contribution in [1.29, 1.82) is 5.41 Å². The van der Waals surface area contributed by atoms with Crippen LogP contribution in [0.4, 0.5) is 11.5 Å². The first-order chi connectivity index (χ1) is 15.6. The second-order valence-corrected chi connectivity index (χ2v) is 7.41. The van der Waals surface area contributed by atoms with Crippen molar-refractivity contribution in [2.24, 2.45) is 5.10 Å². The van der Waals surface area contributed by atoms with Crippen molar-refractivity contribution in [3.05, 3.63) is 41.9 Å². The Kier molecular flexibility index (Phi) is 8.50. The standard InChI is InChI=1S/C22H29N7O3/c1-16-6-8-18(28-26-12-10-23)21(27-16)22(31)29-13-4-14-32-20(29)5-2-3-11-24-19-9-7-17(30)15-25-19/h6-10,12,15,20,23,28,30H,2-5,11,13-14H2,1H3,(H,24,25)/b23-10?,26-12-. The van der Waals surface area contributed by atoms with Gasteiger partial charge in [0.05, 0.1) is 24.7 Å². The number of carbonyl (C=O) groups excluding carboxylic acids is 1. The number of carbonyl (C=O) groups is 1. The zero-order valence-electron chi connectivity index (χ0n) is 18.1. The number of pyridine rings is 2. The minimum atomic E-state index is -0.303. The van der Waals surface area contributed by atoms with Gasteiger partial charge in [0, 0.05) is 25.0 Å². The first-order valence-electron chi connectivity index (χ1n) is 10.7. The topological polar surface area (TPSA) is 136 Å². The van der Waals surface area contributed by atoms with Crippen LogP contribution in [0.5, 0.6) is 5.75 Å². The molecule has 0 spiro atoms. The molecule has 0 bridgehead atoms. The molecule has 10 heteroatoms. The molecule has 1 fully saturated rings. The van der Waals surface area contributed by atoms with E-state index >= 15 is 0 Å². The molecular weight excluding hydrogens is 410 g/mol. The maximum absolute atomic E-state index is 13.3. The van der Waals surface area contributed by atoms with Crippen LogP contribution in [0.3, 0.4) is 0 Å². The van der Waals surface area contributed by atoms with E-state index in [1.54, 1.807) is 29.2 Å². The molecule has 2 aromatic heterocycles. The van der Waals surface area contributed by atoms with Gasteiger partial charge in [-0.2, -0.15) is 5.10 Å². The minimum absolute atomic E-state index is 0.137. The van der Waals surface area contributed by atoms with Crippen molar-refractivity contribution in [2.75, 3.05) is 30.4 Å². The van der Waals surface area contributed by atoms with E-state index in [2.05, 4.69) is 25.8 Å². The largest absolute Gasteiger partial charge is 0.506 e. The predicted octanol–water partition coefficient (Wildman–Crippen LogP) is 3.01. The lowest BCUT2D eigenvalue weighted by Crippen LogP contribution is -2.46. The molecule has 1 amide bonds. The van der Waals surface area contributed by atoms with Crippen LogP contribution in [0.2, 0.25) is 0 Å². The fourth-order valence-corrected chi connectivity index (χ4v) is 3.40. The maximum Gasteiger partial charge on any atom is 0.276 e. The predicted molar refractivity (Wildman–Crippen MR) is 124 cm³/mol. The Morgan fingerprint density at radius 1 is 1.38 bits per heavy atom. The number of amides is 1. The number of hydrogen-bond acceptors (Lipinski definition) is 9. The Morgan fingerprint density at radius 3 is 3.03 bits per heavy atom. The summed E-state index contributed by atoms with van der Waals surface area (Å²) in [6.45, 7) is 3.80. The zero-order valence-corrected chi connectivity index (χ0v) is 18.1. The molecule has 1 aliphatic heterocycles. The Morgan fingerprint density at radius 2 is 2.25 bits per heavy atom. The average Bonchev–Trinajstić information content (AvgIpc) is 2.81. The smallest absolute Gasteiger partial charge is 0.276 e. The Hall–Kier alpha value is -3.53. The van der Waals surface area contributed by atoms with E-state index in [1.807, 2.05) is 6.92 Å². The molecule has 3 rings (SSSR count). The lowest BCUT2D eigenvalue weighted by molar-refractivity contribution is -0.0816. The molecule has 1 atom stereocenters. The van der Waals surface area contributed by atoms with Crippen LogP contribution in [0.1, 0.15) is 41.9 Å². The summed E-state index contributed by atoms with van der Waals surface area (Å²) in [5.74, 6) is 0.653. The highest BCUT2D eigenvalue weighted by molar-refractivity contribution is 6.14. The fraction of sp³-hybridized carbons (Fsp3) is 0.409. The Labute approximate surface area is 187 Å². The summed E-state index contributed by atoms with van der Waals surface area (Å²) in [7, 11) is 0. The first kappa shape index (κ1) is 23.1. The summed E-state index contributed by atoms with van der Waals surface area (Å²) in [5.41, 5.74) is 4.32. The number of nitrogens with one attached hydrogen (secondary N) is 3. The van der Waals surface area contributed by atoms with Crippen molar-refractivity contribution in [1.82, 2.24) is 14.9 Å². The molecule has 2 aromatic rings. The highest BCUT2D eigenvalue weighted by Gasteiger charge is 2.30. The summed E-state index contributed by atoms with van der Waals surface area (Å²) in [5, 5.41) is 23.5. The van der Waals surface area contributed by atoms with Crippen molar-refractivity contribution in [2.45, 2.75) is 38.8 Å². The second kappa shape index (κ2) is 11.8. The van der Waals surface area contributed by atoms with E-state index in [9.17, 15) is 9.90 Å². The van der Waals surface area contributed by atoms with E-state index in [-0.39, 0.29) is 17.9 Å². The number of aromatic nitrogens is 2. The quantitative estimate of drug-likeness (QED) is 0.254. The number of ether oxygens (including phenoxy) is 1. The highest BCUT2D eigenvalue weighted by atomic mass is 16.5. The van der Waals surface area contributed by atoms with Crippen molar-refractivity contribution in [3.63, 3.8) is 0 Å². The van der Waals surface area contributed by atoms with Gasteiger partial charge in [-0.05, 0) is 56.9 Å². The molecule has 10 nitrogen and oxygen atoms in total. The van der Waals surface area contributed by atoms with Gasteiger partial charge in [-0.3, -0.25) is 10.2 Å². The molecule has 0 aliphatic carbocycles. The number of unbranched alkanes of at least 4 members (excludes halogenated alkanes) is 1. The molecule has 0 aromatic carbocycles. The monoisotopic (exact) mass is 439 g/mol. The SMILES string of the molecule is Cc1ccc(N/N=C\C=N)c(C(=O)N2CCCOC2CCCCNc2ccc(O)cn2)n1.